The van der Waals surface area contributed by atoms with Crippen LogP contribution >= 0.6 is 0 Å². The highest BCUT2D eigenvalue weighted by molar-refractivity contribution is 5.92. The molecule has 0 amide bonds. The van der Waals surface area contributed by atoms with Gasteiger partial charge in [-0.05, 0) is 12.8 Å². The van der Waals surface area contributed by atoms with E-state index in [-0.39, 0.29) is 12.4 Å². The molecule has 0 spiro atoms. The summed E-state index contributed by atoms with van der Waals surface area (Å²) in [4.78, 5) is 10.9. The van der Waals surface area contributed by atoms with Crippen molar-refractivity contribution in [2.24, 2.45) is 0 Å². The molecule has 1 aliphatic rings. The first-order chi connectivity index (χ1) is 6.83. The molecule has 0 atom stereocenters. The Kier molecular flexibility index (Phi) is 5.25. The first-order valence-corrected chi connectivity index (χ1v) is 4.99. The van der Waals surface area contributed by atoms with E-state index in [1.54, 1.807) is 6.08 Å². The first-order valence-electron chi connectivity index (χ1n) is 4.99. The number of carbonyl (C=O) groups excluding carboxylic acids is 1. The summed E-state index contributed by atoms with van der Waals surface area (Å²) < 4.78 is 5.09. The number of allylic oxidation sites excluding steroid dienone is 2. The van der Waals surface area contributed by atoms with Crippen LogP contribution in [0.25, 0.3) is 0 Å². The molecule has 0 aromatic rings. The number of ether oxygens (including phenoxy) is 1. The number of hydrogen-bond acceptors (Lipinski definition) is 4. The second-order valence-electron chi connectivity index (χ2n) is 3.25. The molecular weight excluding hydrogens is 182 g/mol. The lowest BCUT2D eigenvalue weighted by atomic mass is 10.3. The molecule has 0 saturated heterocycles. The molecule has 0 radical (unpaired) electrons. The topological polar surface area (TPSA) is 58.6 Å². The normalized spacial score (nSPS) is 15.8. The summed E-state index contributed by atoms with van der Waals surface area (Å²) in [6.45, 7) is 1.95. The smallest absolute Gasteiger partial charge is 0.157 e. The largest absolute Gasteiger partial charge is 0.394 e. The fourth-order valence-corrected chi connectivity index (χ4v) is 1.33. The van der Waals surface area contributed by atoms with E-state index in [1.165, 1.54) is 0 Å². The Morgan fingerprint density at radius 3 is 2.93 bits per heavy atom. The number of aliphatic hydroxyl groups excluding tert-OH is 1. The first kappa shape index (κ1) is 11.2. The van der Waals surface area contributed by atoms with Gasteiger partial charge in [-0.15, -0.1) is 0 Å². The average Bonchev–Trinajstić information content (AvgIpc) is 2.58. The Bertz CT molecular complexity index is 213. The molecule has 0 saturated carbocycles. The third-order valence-electron chi connectivity index (χ3n) is 2.03. The van der Waals surface area contributed by atoms with Gasteiger partial charge in [0, 0.05) is 31.3 Å². The lowest BCUT2D eigenvalue weighted by Crippen LogP contribution is -2.15. The van der Waals surface area contributed by atoms with Crippen molar-refractivity contribution < 1.29 is 14.6 Å². The Balaban J connectivity index is 1.94. The quantitative estimate of drug-likeness (QED) is 0.576. The Labute approximate surface area is 83.9 Å². The maximum absolute atomic E-state index is 10.9. The Morgan fingerprint density at radius 2 is 2.29 bits per heavy atom. The molecule has 2 N–H and O–H groups in total. The third-order valence-corrected chi connectivity index (χ3v) is 2.03. The lowest BCUT2D eigenvalue weighted by molar-refractivity contribution is -0.114. The fraction of sp³-hybridized carbons (Fsp3) is 0.700. The predicted molar refractivity (Wildman–Crippen MR) is 52.8 cm³/mol. The van der Waals surface area contributed by atoms with E-state index < -0.39 is 0 Å². The van der Waals surface area contributed by atoms with Crippen molar-refractivity contribution in [2.75, 3.05) is 26.4 Å². The molecule has 0 aromatic heterocycles. The Hall–Kier alpha value is -0.870. The minimum Gasteiger partial charge on any atom is -0.394 e. The van der Waals surface area contributed by atoms with Gasteiger partial charge in [0.15, 0.2) is 5.78 Å². The summed E-state index contributed by atoms with van der Waals surface area (Å²) in [7, 11) is 0. The molecule has 1 rings (SSSR count). The van der Waals surface area contributed by atoms with Crippen LogP contribution in [0.5, 0.6) is 0 Å². The van der Waals surface area contributed by atoms with Crippen LogP contribution in [-0.2, 0) is 9.53 Å². The summed E-state index contributed by atoms with van der Waals surface area (Å²) in [5.41, 5.74) is 1.04. The zero-order valence-electron chi connectivity index (χ0n) is 8.29. The SMILES string of the molecule is O=C1C=C(NCCCOCCO)CC1. The fourth-order valence-electron chi connectivity index (χ4n) is 1.33. The highest BCUT2D eigenvalue weighted by atomic mass is 16.5. The zero-order chi connectivity index (χ0) is 10.2. The van der Waals surface area contributed by atoms with Crippen molar-refractivity contribution in [1.29, 1.82) is 0 Å². The van der Waals surface area contributed by atoms with Crippen LogP contribution in [0.3, 0.4) is 0 Å². The van der Waals surface area contributed by atoms with E-state index in [2.05, 4.69) is 5.32 Å². The van der Waals surface area contributed by atoms with Gasteiger partial charge >= 0.3 is 0 Å². The van der Waals surface area contributed by atoms with Gasteiger partial charge in [0.25, 0.3) is 0 Å². The maximum atomic E-state index is 10.9. The molecule has 4 nitrogen and oxygen atoms in total. The lowest BCUT2D eigenvalue weighted by Gasteiger charge is -2.06. The van der Waals surface area contributed by atoms with E-state index in [4.69, 9.17) is 9.84 Å². The monoisotopic (exact) mass is 199 g/mol. The number of aliphatic hydroxyl groups is 1. The van der Waals surface area contributed by atoms with Gasteiger partial charge in [0.05, 0.1) is 13.2 Å². The standard InChI is InChI=1S/C10H17NO3/c12-5-7-14-6-1-4-11-9-2-3-10(13)8-9/h8,11-12H,1-7H2. The van der Waals surface area contributed by atoms with E-state index in [9.17, 15) is 4.79 Å². The molecule has 14 heavy (non-hydrogen) atoms. The van der Waals surface area contributed by atoms with E-state index in [0.717, 1.165) is 25.1 Å². The van der Waals surface area contributed by atoms with Gasteiger partial charge in [-0.25, -0.2) is 0 Å². The molecule has 80 valence electrons. The molecular formula is C10H17NO3. The van der Waals surface area contributed by atoms with Crippen LogP contribution in [0.1, 0.15) is 19.3 Å². The summed E-state index contributed by atoms with van der Waals surface area (Å²) >= 11 is 0. The summed E-state index contributed by atoms with van der Waals surface area (Å²) in [5.74, 6) is 0.212. The van der Waals surface area contributed by atoms with Crippen molar-refractivity contribution in [3.8, 4) is 0 Å². The van der Waals surface area contributed by atoms with Crippen LogP contribution < -0.4 is 5.32 Å². The number of hydrogen-bond donors (Lipinski definition) is 2. The third kappa shape index (κ3) is 4.39. The Morgan fingerprint density at radius 1 is 1.43 bits per heavy atom. The average molecular weight is 199 g/mol. The second kappa shape index (κ2) is 6.56. The number of nitrogens with one attached hydrogen (secondary N) is 1. The molecule has 0 heterocycles. The maximum Gasteiger partial charge on any atom is 0.157 e. The summed E-state index contributed by atoms with van der Waals surface area (Å²) in [5, 5.41) is 11.6. The van der Waals surface area contributed by atoms with Gasteiger partial charge in [-0.3, -0.25) is 4.79 Å². The molecule has 0 unspecified atom stereocenters. The summed E-state index contributed by atoms with van der Waals surface area (Å²) in [6.07, 6.45) is 4.06. The van der Waals surface area contributed by atoms with Crippen LogP contribution in [0.15, 0.2) is 11.8 Å². The van der Waals surface area contributed by atoms with Crippen LogP contribution in [0.4, 0.5) is 0 Å². The molecule has 0 aliphatic heterocycles. The highest BCUT2D eigenvalue weighted by Crippen LogP contribution is 2.11. The number of carbonyl (C=O) groups is 1. The van der Waals surface area contributed by atoms with Gasteiger partial charge in [0.1, 0.15) is 0 Å². The highest BCUT2D eigenvalue weighted by Gasteiger charge is 2.10. The molecule has 0 bridgehead atoms. The summed E-state index contributed by atoms with van der Waals surface area (Å²) in [6, 6.07) is 0. The predicted octanol–water partition coefficient (Wildman–Crippen LogP) is 0.222. The van der Waals surface area contributed by atoms with Crippen molar-refractivity contribution in [3.05, 3.63) is 11.8 Å². The number of rotatable bonds is 7. The molecule has 0 aromatic carbocycles. The van der Waals surface area contributed by atoms with E-state index >= 15 is 0 Å². The van der Waals surface area contributed by atoms with E-state index in [0.29, 0.717) is 19.6 Å². The van der Waals surface area contributed by atoms with E-state index in [1.807, 2.05) is 0 Å². The van der Waals surface area contributed by atoms with Crippen LogP contribution in [0.2, 0.25) is 0 Å². The van der Waals surface area contributed by atoms with Gasteiger partial charge in [0.2, 0.25) is 0 Å². The van der Waals surface area contributed by atoms with Crippen molar-refractivity contribution in [2.45, 2.75) is 19.3 Å². The van der Waals surface area contributed by atoms with Gasteiger partial charge in [-0.2, -0.15) is 0 Å². The zero-order valence-corrected chi connectivity index (χ0v) is 8.29. The molecule has 0 fully saturated rings. The number of ketones is 1. The molecule has 4 heteroatoms. The van der Waals surface area contributed by atoms with Gasteiger partial charge < -0.3 is 15.2 Å². The van der Waals surface area contributed by atoms with Crippen LogP contribution in [-0.4, -0.2) is 37.3 Å². The minimum absolute atomic E-state index is 0.0765. The van der Waals surface area contributed by atoms with Crippen molar-refractivity contribution >= 4 is 5.78 Å². The van der Waals surface area contributed by atoms with Gasteiger partial charge in [-0.1, -0.05) is 0 Å². The minimum atomic E-state index is 0.0765. The van der Waals surface area contributed by atoms with Crippen LogP contribution in [0, 0.1) is 0 Å². The van der Waals surface area contributed by atoms with Crippen molar-refractivity contribution in [3.63, 3.8) is 0 Å². The second-order valence-corrected chi connectivity index (χ2v) is 3.25. The van der Waals surface area contributed by atoms with Crippen molar-refractivity contribution in [1.82, 2.24) is 5.32 Å². The molecule has 1 aliphatic carbocycles.